The average Bonchev–Trinajstić information content (AvgIpc) is 3.35. The van der Waals surface area contributed by atoms with Gasteiger partial charge in [0.1, 0.15) is 5.75 Å². The molecule has 10 heteroatoms. The third-order valence-corrected chi connectivity index (χ3v) is 9.46. The van der Waals surface area contributed by atoms with E-state index in [-0.39, 0.29) is 17.3 Å². The zero-order valence-electron chi connectivity index (χ0n) is 21.4. The van der Waals surface area contributed by atoms with Crippen LogP contribution in [0.3, 0.4) is 0 Å². The summed E-state index contributed by atoms with van der Waals surface area (Å²) in [5, 5.41) is 0.531. The number of amides is 1. The van der Waals surface area contributed by atoms with Gasteiger partial charge in [-0.05, 0) is 80.3 Å². The molecule has 1 saturated heterocycles. The second-order valence-corrected chi connectivity index (χ2v) is 12.4. The molecule has 2 aromatic carbocycles. The van der Waals surface area contributed by atoms with Gasteiger partial charge >= 0.3 is 0 Å². The van der Waals surface area contributed by atoms with E-state index in [1.807, 2.05) is 43.3 Å². The van der Waals surface area contributed by atoms with Gasteiger partial charge in [0.05, 0.1) is 34.0 Å². The predicted molar refractivity (Wildman–Crippen MR) is 149 cm³/mol. The topological polar surface area (TPSA) is 92.7 Å². The number of sulfonamides is 1. The van der Waals surface area contributed by atoms with Gasteiger partial charge in [0.25, 0.3) is 5.91 Å². The van der Waals surface area contributed by atoms with Crippen LogP contribution in [0, 0.1) is 5.92 Å². The number of pyridine rings is 1. The summed E-state index contributed by atoms with van der Waals surface area (Å²) in [4.78, 5) is 24.7. The van der Waals surface area contributed by atoms with E-state index < -0.39 is 10.0 Å². The lowest BCUT2D eigenvalue weighted by Gasteiger charge is -2.30. The molecule has 0 N–H and O–H groups in total. The van der Waals surface area contributed by atoms with E-state index in [1.165, 1.54) is 23.5 Å². The Balaban J connectivity index is 1.45. The molecular formula is C28H30N4O4S2. The lowest BCUT2D eigenvalue weighted by atomic mass is 10.0. The molecule has 3 heterocycles. The van der Waals surface area contributed by atoms with Crippen LogP contribution >= 0.6 is 11.3 Å². The third kappa shape index (κ3) is 5.57. The molecular weight excluding hydrogens is 520 g/mol. The van der Waals surface area contributed by atoms with Crippen LogP contribution in [0.1, 0.15) is 42.7 Å². The second kappa shape index (κ2) is 11.2. The molecule has 1 aliphatic rings. The number of carbonyl (C=O) groups is 1. The molecule has 0 aliphatic carbocycles. The molecule has 5 rings (SSSR count). The summed E-state index contributed by atoms with van der Waals surface area (Å²) in [6, 6.07) is 17.4. The Morgan fingerprint density at radius 1 is 1.16 bits per heavy atom. The van der Waals surface area contributed by atoms with E-state index in [9.17, 15) is 13.2 Å². The lowest BCUT2D eigenvalue weighted by molar-refractivity contribution is 0.0984. The number of hydrogen-bond acceptors (Lipinski definition) is 7. The van der Waals surface area contributed by atoms with Crippen molar-refractivity contribution in [2.45, 2.75) is 38.1 Å². The van der Waals surface area contributed by atoms with Crippen molar-refractivity contribution in [2.24, 2.45) is 5.92 Å². The van der Waals surface area contributed by atoms with Crippen LogP contribution in [0.5, 0.6) is 5.75 Å². The fourth-order valence-corrected chi connectivity index (χ4v) is 7.17. The van der Waals surface area contributed by atoms with E-state index in [0.717, 1.165) is 28.8 Å². The van der Waals surface area contributed by atoms with Crippen LogP contribution in [0.2, 0.25) is 0 Å². The number of piperidine rings is 1. The summed E-state index contributed by atoms with van der Waals surface area (Å²) in [6.45, 7) is 5.82. The maximum Gasteiger partial charge on any atom is 0.260 e. The van der Waals surface area contributed by atoms with Gasteiger partial charge in [-0.15, -0.1) is 0 Å². The fraction of sp³-hybridized carbons (Fsp3) is 0.321. The first-order chi connectivity index (χ1) is 18.3. The Hall–Kier alpha value is -3.34. The number of thiazole rings is 1. The van der Waals surface area contributed by atoms with E-state index >= 15 is 0 Å². The van der Waals surface area contributed by atoms with Crippen molar-refractivity contribution in [3.8, 4) is 5.75 Å². The number of carbonyl (C=O) groups excluding carboxylic acids is 1. The third-order valence-electron chi connectivity index (χ3n) is 6.54. The molecule has 198 valence electrons. The summed E-state index contributed by atoms with van der Waals surface area (Å²) in [6.07, 6.45) is 3.57. The Bertz CT molecular complexity index is 1520. The summed E-state index contributed by atoms with van der Waals surface area (Å²) < 4.78 is 34.4. The molecule has 1 atom stereocenters. The fourth-order valence-electron chi connectivity index (χ4n) is 4.58. The van der Waals surface area contributed by atoms with Gasteiger partial charge in [0, 0.05) is 24.8 Å². The second-order valence-electron chi connectivity index (χ2n) is 9.41. The largest absolute Gasteiger partial charge is 0.494 e. The van der Waals surface area contributed by atoms with Crippen LogP contribution in [0.15, 0.2) is 71.8 Å². The lowest BCUT2D eigenvalue weighted by Crippen LogP contribution is -2.39. The highest BCUT2D eigenvalue weighted by Gasteiger charge is 2.29. The molecule has 1 fully saturated rings. The number of hydrogen-bond donors (Lipinski definition) is 0. The first-order valence-electron chi connectivity index (χ1n) is 12.7. The van der Waals surface area contributed by atoms with Crippen molar-refractivity contribution in [1.82, 2.24) is 14.3 Å². The minimum absolute atomic E-state index is 0.197. The standard InChI is InChI=1S/C28H30N4O4S2/c1-3-36-23-11-14-25-26(17-23)37-28(30-25)32(19-22-8-4-5-15-29-22)27(33)21-9-12-24(13-10-21)38(34,35)31-16-6-7-20(2)18-31/h4-5,8-15,17,20H,3,6-7,16,18-19H2,1-2H3. The molecule has 1 aliphatic heterocycles. The molecule has 0 spiro atoms. The predicted octanol–water partition coefficient (Wildman–Crippen LogP) is 5.36. The van der Waals surface area contributed by atoms with Gasteiger partial charge in [-0.2, -0.15) is 4.31 Å². The zero-order valence-corrected chi connectivity index (χ0v) is 23.0. The summed E-state index contributed by atoms with van der Waals surface area (Å²) in [5.74, 6) is 0.797. The first kappa shape index (κ1) is 26.3. The summed E-state index contributed by atoms with van der Waals surface area (Å²) >= 11 is 1.40. The highest BCUT2D eigenvalue weighted by atomic mass is 32.2. The van der Waals surface area contributed by atoms with Crippen molar-refractivity contribution in [1.29, 1.82) is 0 Å². The maximum absolute atomic E-state index is 13.8. The van der Waals surface area contributed by atoms with Crippen LogP contribution in [0.4, 0.5) is 5.13 Å². The van der Waals surface area contributed by atoms with Gasteiger partial charge in [-0.25, -0.2) is 13.4 Å². The number of benzene rings is 2. The van der Waals surface area contributed by atoms with E-state index in [1.54, 1.807) is 27.5 Å². The molecule has 4 aromatic rings. The molecule has 0 saturated carbocycles. The van der Waals surface area contributed by atoms with Crippen LogP contribution < -0.4 is 9.64 Å². The Morgan fingerprint density at radius 2 is 1.97 bits per heavy atom. The Morgan fingerprint density at radius 3 is 2.68 bits per heavy atom. The minimum atomic E-state index is -3.61. The zero-order chi connectivity index (χ0) is 26.7. The van der Waals surface area contributed by atoms with Crippen LogP contribution in [-0.4, -0.2) is 48.3 Å². The van der Waals surface area contributed by atoms with Crippen molar-refractivity contribution in [3.63, 3.8) is 0 Å². The number of ether oxygens (including phenoxy) is 1. The van der Waals surface area contributed by atoms with Gasteiger partial charge in [-0.1, -0.05) is 24.3 Å². The van der Waals surface area contributed by atoms with Crippen molar-refractivity contribution in [3.05, 3.63) is 78.1 Å². The van der Waals surface area contributed by atoms with Crippen LogP contribution in [-0.2, 0) is 16.6 Å². The van der Waals surface area contributed by atoms with Gasteiger partial charge in [0.15, 0.2) is 5.13 Å². The molecule has 0 radical (unpaired) electrons. The molecule has 8 nitrogen and oxygen atoms in total. The normalized spacial score (nSPS) is 16.4. The van der Waals surface area contributed by atoms with Crippen molar-refractivity contribution >= 4 is 42.6 Å². The van der Waals surface area contributed by atoms with Crippen molar-refractivity contribution in [2.75, 3.05) is 24.6 Å². The average molecular weight is 551 g/mol. The number of rotatable bonds is 8. The van der Waals surface area contributed by atoms with E-state index in [2.05, 4.69) is 11.9 Å². The summed E-state index contributed by atoms with van der Waals surface area (Å²) in [7, 11) is -3.61. The van der Waals surface area contributed by atoms with Crippen molar-refractivity contribution < 1.29 is 17.9 Å². The Kier molecular flexibility index (Phi) is 7.73. The number of nitrogens with zero attached hydrogens (tertiary/aromatic N) is 4. The highest BCUT2D eigenvalue weighted by molar-refractivity contribution is 7.89. The number of anilines is 1. The Labute approximate surface area is 227 Å². The monoisotopic (exact) mass is 550 g/mol. The van der Waals surface area contributed by atoms with Gasteiger partial charge < -0.3 is 4.74 Å². The minimum Gasteiger partial charge on any atom is -0.494 e. The maximum atomic E-state index is 13.8. The molecule has 1 amide bonds. The molecule has 2 aromatic heterocycles. The number of aromatic nitrogens is 2. The van der Waals surface area contributed by atoms with Crippen LogP contribution in [0.25, 0.3) is 10.2 Å². The van der Waals surface area contributed by atoms with Gasteiger partial charge in [0.2, 0.25) is 10.0 Å². The SMILES string of the molecule is CCOc1ccc2nc(N(Cc3ccccn3)C(=O)c3ccc(S(=O)(=O)N4CCCC(C)C4)cc3)sc2c1. The molecule has 38 heavy (non-hydrogen) atoms. The molecule has 0 bridgehead atoms. The molecule has 1 unspecified atom stereocenters. The summed E-state index contributed by atoms with van der Waals surface area (Å²) in [5.41, 5.74) is 1.86. The van der Waals surface area contributed by atoms with E-state index in [0.29, 0.717) is 42.0 Å². The highest BCUT2D eigenvalue weighted by Crippen LogP contribution is 2.33. The number of fused-ring (bicyclic) bond motifs is 1. The quantitative estimate of drug-likeness (QED) is 0.293. The van der Waals surface area contributed by atoms with E-state index in [4.69, 9.17) is 9.72 Å². The van der Waals surface area contributed by atoms with Gasteiger partial charge in [-0.3, -0.25) is 14.7 Å². The first-order valence-corrected chi connectivity index (χ1v) is 15.0. The smallest absolute Gasteiger partial charge is 0.260 e.